The lowest BCUT2D eigenvalue weighted by atomic mass is 10.1. The van der Waals surface area contributed by atoms with Crippen molar-refractivity contribution in [2.24, 2.45) is 0 Å². The van der Waals surface area contributed by atoms with Crippen LogP contribution in [0.1, 0.15) is 243 Å². The molecular weight excluding hydrogens is 1390 g/mol. The average molecular weight is 1490 g/mol. The molecule has 0 amide bonds. The molecule has 3 aromatic carbocycles. The van der Waals surface area contributed by atoms with Gasteiger partial charge in [0.2, 0.25) is 5.78 Å². The molecular formula is C81H97FO9S8. The van der Waals surface area contributed by atoms with Crippen molar-refractivity contribution in [2.75, 3.05) is 39.6 Å². The van der Waals surface area contributed by atoms with Gasteiger partial charge >= 0.3 is 11.9 Å². The highest BCUT2D eigenvalue weighted by molar-refractivity contribution is 7.35. The Bertz CT molecular complexity index is 4320. The number of thiophene rings is 8. The molecule has 0 unspecified atom stereocenters. The van der Waals surface area contributed by atoms with Gasteiger partial charge in [0.15, 0.2) is 0 Å². The SMILES string of the molecule is CCCCCCCCOc1c2cc(-c3sc(-c4cc5c(OCCCCCCCC)c6sc(-c7sc(C)c8cc(C(=O)OCCCCC(=O)OCC)sc78)cc6c(OCCCCCCCC)c5s4)c4cc(C(=O)c5ccc(F)cc5)sc34)sc2c(OCCCCCCCC)c2cc(C)sc12. The summed E-state index contributed by atoms with van der Waals surface area (Å²) in [6.45, 7) is 18.1. The summed E-state index contributed by atoms with van der Waals surface area (Å²) >= 11 is 13.5. The number of ether oxygens (including phenoxy) is 6. The quantitative estimate of drug-likeness (QED) is 0.0210. The highest BCUT2D eigenvalue weighted by Gasteiger charge is 2.30. The third-order valence-corrected chi connectivity index (χ3v) is 28.2. The minimum atomic E-state index is -0.382. The topological polar surface area (TPSA) is 107 Å². The Morgan fingerprint density at radius 2 is 0.768 bits per heavy atom. The number of carbonyl (C=O) groups is 3. The van der Waals surface area contributed by atoms with Gasteiger partial charge in [-0.3, -0.25) is 9.59 Å². The minimum absolute atomic E-state index is 0.139. The van der Waals surface area contributed by atoms with Crippen LogP contribution < -0.4 is 18.9 Å². The van der Waals surface area contributed by atoms with Gasteiger partial charge in [0.05, 0.1) is 87.3 Å². The summed E-state index contributed by atoms with van der Waals surface area (Å²) in [7, 11) is 0. The molecule has 0 aliphatic heterocycles. The predicted octanol–water partition coefficient (Wildman–Crippen LogP) is 27.9. The molecule has 0 bridgehead atoms. The number of benzene rings is 3. The maximum atomic E-state index is 14.7. The number of ketones is 1. The van der Waals surface area contributed by atoms with Crippen LogP contribution in [-0.2, 0) is 14.3 Å². The molecule has 11 aromatic rings. The Morgan fingerprint density at radius 3 is 1.25 bits per heavy atom. The Hall–Kier alpha value is -5.44. The number of esters is 2. The third kappa shape index (κ3) is 18.3. The summed E-state index contributed by atoms with van der Waals surface area (Å²) in [5, 5.41) is 6.25. The van der Waals surface area contributed by atoms with Gasteiger partial charge in [0, 0.05) is 68.7 Å². The second-order valence-electron chi connectivity index (χ2n) is 26.1. The van der Waals surface area contributed by atoms with Crippen molar-refractivity contribution in [2.45, 2.75) is 222 Å². The summed E-state index contributed by atoms with van der Waals surface area (Å²) in [5.41, 5.74) is 0.445. The summed E-state index contributed by atoms with van der Waals surface area (Å²) in [6, 6.07) is 19.2. The van der Waals surface area contributed by atoms with Gasteiger partial charge < -0.3 is 28.4 Å². The number of hydrogen-bond acceptors (Lipinski definition) is 17. The Balaban J connectivity index is 1.04. The monoisotopic (exact) mass is 1490 g/mol. The highest BCUT2D eigenvalue weighted by Crippen LogP contribution is 2.59. The van der Waals surface area contributed by atoms with Crippen molar-refractivity contribution in [3.63, 3.8) is 0 Å². The zero-order valence-electron chi connectivity index (χ0n) is 58.9. The molecule has 0 atom stereocenters. The van der Waals surface area contributed by atoms with E-state index < -0.39 is 0 Å². The molecule has 0 N–H and O–H groups in total. The molecule has 0 saturated carbocycles. The zero-order chi connectivity index (χ0) is 69.2. The smallest absolute Gasteiger partial charge is 0.348 e. The van der Waals surface area contributed by atoms with E-state index in [1.165, 1.54) is 142 Å². The molecule has 0 saturated heterocycles. The molecule has 530 valence electrons. The van der Waals surface area contributed by atoms with Gasteiger partial charge in [-0.05, 0) is 120 Å². The number of unbranched alkanes of at least 4 members (excludes halogenated alkanes) is 21. The van der Waals surface area contributed by atoms with Crippen molar-refractivity contribution < 1.29 is 47.2 Å². The van der Waals surface area contributed by atoms with Crippen molar-refractivity contribution in [3.05, 3.63) is 91.6 Å². The molecule has 0 radical (unpaired) electrons. The lowest BCUT2D eigenvalue weighted by Gasteiger charge is -2.14. The highest BCUT2D eigenvalue weighted by atomic mass is 32.1. The number of carbonyl (C=O) groups excluding carboxylic acids is 3. The summed E-state index contributed by atoms with van der Waals surface area (Å²) < 4.78 is 60.2. The van der Waals surface area contributed by atoms with E-state index in [1.54, 1.807) is 87.1 Å². The molecule has 0 spiro atoms. The largest absolute Gasteiger partial charge is 0.491 e. The van der Waals surface area contributed by atoms with Gasteiger partial charge in [0.1, 0.15) is 33.7 Å². The lowest BCUT2D eigenvalue weighted by Crippen LogP contribution is -2.07. The van der Waals surface area contributed by atoms with E-state index in [0.29, 0.717) is 67.6 Å². The first-order chi connectivity index (χ1) is 48.4. The average Bonchev–Trinajstić information content (AvgIpc) is 1.57. The molecule has 11 rings (SSSR count). The maximum Gasteiger partial charge on any atom is 0.348 e. The number of halogens is 1. The first kappa shape index (κ1) is 74.7. The molecule has 9 nitrogen and oxygen atoms in total. The Labute approximate surface area is 616 Å². The molecule has 8 heterocycles. The fourth-order valence-corrected chi connectivity index (χ4v) is 22.9. The van der Waals surface area contributed by atoms with Crippen molar-refractivity contribution in [1.82, 2.24) is 0 Å². The van der Waals surface area contributed by atoms with Crippen LogP contribution in [0.5, 0.6) is 23.0 Å². The molecule has 0 aliphatic carbocycles. The second kappa shape index (κ2) is 37.1. The van der Waals surface area contributed by atoms with Crippen molar-refractivity contribution >= 4 is 169 Å². The van der Waals surface area contributed by atoms with Crippen molar-refractivity contribution in [1.29, 1.82) is 0 Å². The molecule has 8 aromatic heterocycles. The molecule has 99 heavy (non-hydrogen) atoms. The van der Waals surface area contributed by atoms with Crippen LogP contribution in [0.3, 0.4) is 0 Å². The Morgan fingerprint density at radius 1 is 0.364 bits per heavy atom. The molecule has 0 fully saturated rings. The van der Waals surface area contributed by atoms with E-state index in [2.05, 4.69) is 71.9 Å². The van der Waals surface area contributed by atoms with E-state index in [-0.39, 0.29) is 30.1 Å². The fraction of sp³-hybridized carbons (Fsp3) is 0.494. The number of fused-ring (bicyclic) bond motifs is 6. The van der Waals surface area contributed by atoms with E-state index in [9.17, 15) is 18.8 Å². The van der Waals surface area contributed by atoms with Gasteiger partial charge in [0.25, 0.3) is 0 Å². The number of aryl methyl sites for hydroxylation is 2. The first-order valence-electron chi connectivity index (χ1n) is 36.7. The number of rotatable bonds is 44. The standard InChI is InChI=1S/C81H97FO9S8/c1-8-13-17-21-25-30-40-87-68-56-45-51(6)92-73(56)69(88-41-31-26-22-18-14-9-2)58-49-64(97-74(58)68)80-78-60(50-61(94-78)67(84)53-36-38-54(82)39-37-53)72(99-80)62-47-57-70(89-42-32-27-23-19-15-10-3)76-59(71(75(57)95-62)90-43-33-28-24-20-16-11-4)48-63(96-76)79-77-55(52(7)93-79)46-65(98-77)81(85)91-44-34-29-35-66(83)86-12-5/h36-39,45-50H,8-35,40-44H2,1-7H3. The fourth-order valence-electron chi connectivity index (χ4n) is 13.0. The summed E-state index contributed by atoms with van der Waals surface area (Å²) in [4.78, 5) is 50.4. The maximum absolute atomic E-state index is 14.7. The van der Waals surface area contributed by atoms with Crippen LogP contribution in [-0.4, -0.2) is 57.4 Å². The van der Waals surface area contributed by atoms with Crippen LogP contribution in [0.25, 0.3) is 89.8 Å². The normalized spacial score (nSPS) is 11.9. The zero-order valence-corrected chi connectivity index (χ0v) is 65.5. The van der Waals surface area contributed by atoms with Crippen LogP contribution in [0.2, 0.25) is 0 Å². The van der Waals surface area contributed by atoms with Gasteiger partial charge in [-0.1, -0.05) is 156 Å². The minimum Gasteiger partial charge on any atom is -0.491 e. The van der Waals surface area contributed by atoms with E-state index in [0.717, 1.165) is 169 Å². The molecule has 0 aliphatic rings. The van der Waals surface area contributed by atoms with E-state index in [1.807, 2.05) is 6.07 Å². The van der Waals surface area contributed by atoms with E-state index >= 15 is 0 Å². The number of hydrogen-bond donors (Lipinski definition) is 0. The van der Waals surface area contributed by atoms with Gasteiger partial charge in [-0.2, -0.15) is 0 Å². The lowest BCUT2D eigenvalue weighted by molar-refractivity contribution is -0.143. The van der Waals surface area contributed by atoms with Crippen LogP contribution in [0.15, 0.2) is 60.7 Å². The summed E-state index contributed by atoms with van der Waals surface area (Å²) in [6.07, 6.45) is 29.2. The second-order valence-corrected chi connectivity index (χ2v) is 34.9. The van der Waals surface area contributed by atoms with Crippen molar-refractivity contribution in [3.8, 4) is 52.3 Å². The van der Waals surface area contributed by atoms with Gasteiger partial charge in [-0.25, -0.2) is 9.18 Å². The predicted molar refractivity (Wildman–Crippen MR) is 426 cm³/mol. The van der Waals surface area contributed by atoms with E-state index in [4.69, 9.17) is 28.4 Å². The van der Waals surface area contributed by atoms with Crippen LogP contribution >= 0.6 is 90.7 Å². The molecule has 18 heteroatoms. The van der Waals surface area contributed by atoms with Crippen LogP contribution in [0.4, 0.5) is 4.39 Å². The van der Waals surface area contributed by atoms with Crippen LogP contribution in [0, 0.1) is 19.7 Å². The van der Waals surface area contributed by atoms with Gasteiger partial charge in [-0.15, -0.1) is 90.7 Å². The summed E-state index contributed by atoms with van der Waals surface area (Å²) in [5.74, 6) is 2.46. The third-order valence-electron chi connectivity index (χ3n) is 18.3. The first-order valence-corrected chi connectivity index (χ1v) is 43.2. The Kier molecular flexibility index (Phi) is 28.0.